The molecule has 1 aliphatic rings. The highest BCUT2D eigenvalue weighted by Crippen LogP contribution is 2.34. The van der Waals surface area contributed by atoms with E-state index in [1.165, 1.54) is 5.56 Å². The van der Waals surface area contributed by atoms with Crippen LogP contribution in [0.5, 0.6) is 0 Å². The normalized spacial score (nSPS) is 18.7. The SMILES string of the molecule is CCc1nc(C)c(-c2ccc(C3CCC(NCC(=O)OC(C)(C)C)CC3)cc2)nc1C(=O)O. The van der Waals surface area contributed by atoms with Gasteiger partial charge in [-0.05, 0) is 71.3 Å². The van der Waals surface area contributed by atoms with Gasteiger partial charge in [-0.25, -0.2) is 9.78 Å². The number of carboxylic acid groups (broad SMARTS) is 1. The van der Waals surface area contributed by atoms with Gasteiger partial charge in [0.25, 0.3) is 0 Å². The maximum absolute atomic E-state index is 11.9. The summed E-state index contributed by atoms with van der Waals surface area (Å²) < 4.78 is 5.36. The lowest BCUT2D eigenvalue weighted by molar-refractivity contribution is -0.153. The maximum atomic E-state index is 11.9. The van der Waals surface area contributed by atoms with Crippen molar-refractivity contribution in [1.29, 1.82) is 0 Å². The monoisotopic (exact) mass is 453 g/mol. The minimum Gasteiger partial charge on any atom is -0.476 e. The number of aromatic nitrogens is 2. The Morgan fingerprint density at radius 3 is 2.27 bits per heavy atom. The molecule has 7 nitrogen and oxygen atoms in total. The molecule has 33 heavy (non-hydrogen) atoms. The zero-order chi connectivity index (χ0) is 24.2. The van der Waals surface area contributed by atoms with Gasteiger partial charge in [-0.2, -0.15) is 0 Å². The van der Waals surface area contributed by atoms with E-state index in [0.717, 1.165) is 36.9 Å². The highest BCUT2D eigenvalue weighted by molar-refractivity contribution is 5.87. The summed E-state index contributed by atoms with van der Waals surface area (Å²) in [4.78, 5) is 32.4. The largest absolute Gasteiger partial charge is 0.476 e. The molecule has 2 aromatic rings. The Kier molecular flexibility index (Phi) is 7.84. The van der Waals surface area contributed by atoms with Crippen molar-refractivity contribution >= 4 is 11.9 Å². The topological polar surface area (TPSA) is 101 Å². The van der Waals surface area contributed by atoms with Gasteiger partial charge in [0.1, 0.15) is 5.60 Å². The van der Waals surface area contributed by atoms with Crippen molar-refractivity contribution in [3.8, 4) is 11.3 Å². The summed E-state index contributed by atoms with van der Waals surface area (Å²) in [7, 11) is 0. The highest BCUT2D eigenvalue weighted by Gasteiger charge is 2.24. The molecular formula is C26H35N3O4. The van der Waals surface area contributed by atoms with Crippen molar-refractivity contribution in [2.24, 2.45) is 0 Å². The predicted molar refractivity (Wildman–Crippen MR) is 127 cm³/mol. The summed E-state index contributed by atoms with van der Waals surface area (Å²) in [6.07, 6.45) is 4.67. The van der Waals surface area contributed by atoms with Crippen molar-refractivity contribution in [2.75, 3.05) is 6.54 Å². The first-order chi connectivity index (χ1) is 15.6. The molecule has 0 saturated heterocycles. The first kappa shape index (κ1) is 24.8. The first-order valence-corrected chi connectivity index (χ1v) is 11.7. The van der Waals surface area contributed by atoms with Crippen molar-refractivity contribution in [3.05, 3.63) is 46.9 Å². The summed E-state index contributed by atoms with van der Waals surface area (Å²) in [6.45, 7) is 9.62. The Balaban J connectivity index is 1.60. The molecule has 0 aliphatic heterocycles. The van der Waals surface area contributed by atoms with E-state index in [4.69, 9.17) is 4.74 Å². The van der Waals surface area contributed by atoms with Crippen molar-refractivity contribution < 1.29 is 19.4 Å². The van der Waals surface area contributed by atoms with E-state index in [-0.39, 0.29) is 18.2 Å². The van der Waals surface area contributed by atoms with Gasteiger partial charge in [-0.3, -0.25) is 9.78 Å². The van der Waals surface area contributed by atoms with Crippen LogP contribution in [0.15, 0.2) is 24.3 Å². The standard InChI is InChI=1S/C26H35N3O4/c1-6-21-24(25(31)32)29-23(16(2)28-21)19-9-7-17(8-10-19)18-11-13-20(14-12-18)27-15-22(30)33-26(3,4)5/h7-10,18,20,27H,6,11-15H2,1-5H3,(H,31,32). The Bertz CT molecular complexity index is 988. The fourth-order valence-corrected chi connectivity index (χ4v) is 4.41. The number of benzene rings is 1. The molecule has 0 atom stereocenters. The van der Waals surface area contributed by atoms with Crippen LogP contribution in [0.2, 0.25) is 0 Å². The van der Waals surface area contributed by atoms with Crippen LogP contribution in [0.25, 0.3) is 11.3 Å². The molecule has 1 aliphatic carbocycles. The van der Waals surface area contributed by atoms with Gasteiger partial charge in [0.15, 0.2) is 5.69 Å². The second-order valence-corrected chi connectivity index (χ2v) is 9.75. The number of esters is 1. The van der Waals surface area contributed by atoms with Crippen LogP contribution < -0.4 is 5.32 Å². The third-order valence-electron chi connectivity index (χ3n) is 6.02. The minimum atomic E-state index is -1.05. The molecule has 7 heteroatoms. The lowest BCUT2D eigenvalue weighted by Gasteiger charge is -2.30. The lowest BCUT2D eigenvalue weighted by atomic mass is 9.81. The number of nitrogens with one attached hydrogen (secondary N) is 1. The molecule has 1 aromatic heterocycles. The number of ether oxygens (including phenoxy) is 1. The van der Waals surface area contributed by atoms with Gasteiger partial charge in [0.2, 0.25) is 0 Å². The first-order valence-electron chi connectivity index (χ1n) is 11.7. The molecule has 0 amide bonds. The Morgan fingerprint density at radius 2 is 1.73 bits per heavy atom. The molecule has 3 rings (SSSR count). The number of aromatic carboxylic acids is 1. The van der Waals surface area contributed by atoms with E-state index >= 15 is 0 Å². The van der Waals surface area contributed by atoms with Crippen molar-refractivity contribution in [2.45, 2.75) is 84.3 Å². The van der Waals surface area contributed by atoms with Crippen LogP contribution in [-0.2, 0) is 16.0 Å². The number of nitrogens with zero attached hydrogens (tertiary/aromatic N) is 2. The number of carbonyl (C=O) groups is 2. The van der Waals surface area contributed by atoms with Crippen LogP contribution in [0.3, 0.4) is 0 Å². The van der Waals surface area contributed by atoms with E-state index < -0.39 is 11.6 Å². The lowest BCUT2D eigenvalue weighted by Crippen LogP contribution is -2.38. The number of hydrogen-bond acceptors (Lipinski definition) is 6. The van der Waals surface area contributed by atoms with Crippen LogP contribution >= 0.6 is 0 Å². The van der Waals surface area contributed by atoms with Gasteiger partial charge < -0.3 is 15.2 Å². The summed E-state index contributed by atoms with van der Waals surface area (Å²) >= 11 is 0. The molecule has 0 radical (unpaired) electrons. The number of hydrogen-bond donors (Lipinski definition) is 2. The van der Waals surface area contributed by atoms with Gasteiger partial charge in [-0.1, -0.05) is 31.2 Å². The number of carboxylic acids is 1. The van der Waals surface area contributed by atoms with Gasteiger partial charge >= 0.3 is 11.9 Å². The Morgan fingerprint density at radius 1 is 1.09 bits per heavy atom. The highest BCUT2D eigenvalue weighted by atomic mass is 16.6. The van der Waals surface area contributed by atoms with E-state index in [2.05, 4.69) is 27.4 Å². The molecule has 0 bridgehead atoms. The fourth-order valence-electron chi connectivity index (χ4n) is 4.41. The summed E-state index contributed by atoms with van der Waals surface area (Å²) in [5.74, 6) is -0.784. The number of aryl methyl sites for hydroxylation is 2. The second kappa shape index (κ2) is 10.4. The predicted octanol–water partition coefficient (Wildman–Crippen LogP) is 4.67. The molecule has 2 N–H and O–H groups in total. The summed E-state index contributed by atoms with van der Waals surface area (Å²) in [5.41, 5.74) is 3.59. The molecular weight excluding hydrogens is 418 g/mol. The Labute approximate surface area is 196 Å². The van der Waals surface area contributed by atoms with Crippen LogP contribution in [0, 0.1) is 6.92 Å². The van der Waals surface area contributed by atoms with Gasteiger partial charge in [0, 0.05) is 11.6 Å². The third-order valence-corrected chi connectivity index (χ3v) is 6.02. The van der Waals surface area contributed by atoms with Crippen molar-refractivity contribution in [3.63, 3.8) is 0 Å². The fraction of sp³-hybridized carbons (Fsp3) is 0.538. The van der Waals surface area contributed by atoms with Crippen LogP contribution in [-0.4, -0.2) is 45.2 Å². The van der Waals surface area contributed by atoms with E-state index in [1.54, 1.807) is 0 Å². The third kappa shape index (κ3) is 6.60. The van der Waals surface area contributed by atoms with Crippen LogP contribution in [0.4, 0.5) is 0 Å². The molecule has 1 fully saturated rings. The second-order valence-electron chi connectivity index (χ2n) is 9.75. The van der Waals surface area contributed by atoms with E-state index in [9.17, 15) is 14.7 Å². The quantitative estimate of drug-likeness (QED) is 0.587. The average molecular weight is 454 g/mol. The smallest absolute Gasteiger partial charge is 0.356 e. The molecule has 1 heterocycles. The van der Waals surface area contributed by atoms with Crippen LogP contribution in [0.1, 0.15) is 86.7 Å². The summed E-state index contributed by atoms with van der Waals surface area (Å²) in [6, 6.07) is 8.58. The molecule has 178 valence electrons. The van der Waals surface area contributed by atoms with Gasteiger partial charge in [0.05, 0.1) is 23.6 Å². The molecule has 0 spiro atoms. The van der Waals surface area contributed by atoms with E-state index in [1.807, 2.05) is 46.8 Å². The zero-order valence-electron chi connectivity index (χ0n) is 20.3. The minimum absolute atomic E-state index is 0.0272. The van der Waals surface area contributed by atoms with Crippen molar-refractivity contribution in [1.82, 2.24) is 15.3 Å². The zero-order valence-corrected chi connectivity index (χ0v) is 20.3. The molecule has 0 unspecified atom stereocenters. The average Bonchev–Trinajstić information content (AvgIpc) is 2.76. The summed E-state index contributed by atoms with van der Waals surface area (Å²) in [5, 5.41) is 12.8. The maximum Gasteiger partial charge on any atom is 0.356 e. The number of carbonyl (C=O) groups excluding carboxylic acids is 1. The Hall–Kier alpha value is -2.80. The van der Waals surface area contributed by atoms with E-state index in [0.29, 0.717) is 29.8 Å². The van der Waals surface area contributed by atoms with Gasteiger partial charge in [-0.15, -0.1) is 0 Å². The molecule has 1 saturated carbocycles. The molecule has 1 aromatic carbocycles. The number of rotatable bonds is 7.